The van der Waals surface area contributed by atoms with Crippen LogP contribution >= 0.6 is 23.2 Å². The highest BCUT2D eigenvalue weighted by Gasteiger charge is 2.23. The molecule has 1 aromatic heterocycles. The van der Waals surface area contributed by atoms with Gasteiger partial charge in [-0.2, -0.15) is 4.98 Å². The minimum Gasteiger partial charge on any atom is -0.473 e. The number of hydrogen-bond donors (Lipinski definition) is 2. The van der Waals surface area contributed by atoms with E-state index in [4.69, 9.17) is 33.8 Å². The van der Waals surface area contributed by atoms with E-state index in [0.717, 1.165) is 18.8 Å². The highest BCUT2D eigenvalue weighted by molar-refractivity contribution is 6.36. The van der Waals surface area contributed by atoms with Crippen molar-refractivity contribution in [2.75, 3.05) is 5.43 Å². The van der Waals surface area contributed by atoms with Crippen LogP contribution in [0, 0.1) is 5.92 Å². The lowest BCUT2D eigenvalue weighted by atomic mass is 9.85. The standard InChI is InChI=1S/C13H19Cl2N3O/c1-2-8-4-3-5-9(6-8)19-13-11(15)7-10(14)12(17-13)18-16/h7-9H,2-6,16H2,1H3,(H,17,18). The summed E-state index contributed by atoms with van der Waals surface area (Å²) in [6, 6.07) is 1.60. The predicted octanol–water partition coefficient (Wildman–Crippen LogP) is 4.02. The number of nitrogens with two attached hydrogens (primary N) is 1. The van der Waals surface area contributed by atoms with E-state index >= 15 is 0 Å². The molecule has 0 amide bonds. The van der Waals surface area contributed by atoms with Gasteiger partial charge in [-0.05, 0) is 31.2 Å². The first-order valence-corrected chi connectivity index (χ1v) is 7.39. The predicted molar refractivity (Wildman–Crippen MR) is 78.7 cm³/mol. The number of nitrogens with zero attached hydrogens (tertiary/aromatic N) is 1. The van der Waals surface area contributed by atoms with Gasteiger partial charge in [0.15, 0.2) is 5.82 Å². The lowest BCUT2D eigenvalue weighted by Gasteiger charge is -2.28. The third kappa shape index (κ3) is 3.65. The van der Waals surface area contributed by atoms with Crippen molar-refractivity contribution in [3.05, 3.63) is 16.1 Å². The van der Waals surface area contributed by atoms with Crippen LogP contribution in [0.25, 0.3) is 0 Å². The number of halogens is 2. The summed E-state index contributed by atoms with van der Waals surface area (Å²) in [6.07, 6.45) is 5.95. The molecule has 0 saturated heterocycles. The fourth-order valence-electron chi connectivity index (χ4n) is 2.51. The third-order valence-electron chi connectivity index (χ3n) is 3.62. The monoisotopic (exact) mass is 303 g/mol. The van der Waals surface area contributed by atoms with Gasteiger partial charge in [0.05, 0.1) is 5.02 Å². The molecule has 0 aliphatic heterocycles. The zero-order valence-electron chi connectivity index (χ0n) is 11.0. The number of rotatable bonds is 4. The number of anilines is 1. The Balaban J connectivity index is 2.10. The maximum Gasteiger partial charge on any atom is 0.234 e. The summed E-state index contributed by atoms with van der Waals surface area (Å²) in [7, 11) is 0. The minimum atomic E-state index is 0.176. The Labute approximate surface area is 123 Å². The number of nitrogens with one attached hydrogen (secondary N) is 1. The van der Waals surface area contributed by atoms with E-state index in [2.05, 4.69) is 17.3 Å². The maximum atomic E-state index is 6.11. The Morgan fingerprint density at radius 1 is 1.42 bits per heavy atom. The summed E-state index contributed by atoms with van der Waals surface area (Å²) in [5, 5.41) is 0.803. The van der Waals surface area contributed by atoms with Crippen molar-refractivity contribution in [2.45, 2.75) is 45.1 Å². The molecule has 2 atom stereocenters. The topological polar surface area (TPSA) is 60.2 Å². The Bertz CT molecular complexity index is 442. The molecule has 1 saturated carbocycles. The van der Waals surface area contributed by atoms with Crippen LogP contribution < -0.4 is 16.0 Å². The highest BCUT2D eigenvalue weighted by Crippen LogP contribution is 2.34. The largest absolute Gasteiger partial charge is 0.473 e. The van der Waals surface area contributed by atoms with Gasteiger partial charge in [0.2, 0.25) is 5.88 Å². The van der Waals surface area contributed by atoms with Gasteiger partial charge in [0.1, 0.15) is 11.1 Å². The van der Waals surface area contributed by atoms with Crippen molar-refractivity contribution in [1.29, 1.82) is 0 Å². The highest BCUT2D eigenvalue weighted by atomic mass is 35.5. The molecular formula is C13H19Cl2N3O. The van der Waals surface area contributed by atoms with Crippen molar-refractivity contribution in [3.8, 4) is 5.88 Å². The van der Waals surface area contributed by atoms with E-state index in [1.54, 1.807) is 6.07 Å². The molecule has 0 radical (unpaired) electrons. The summed E-state index contributed by atoms with van der Waals surface area (Å²) in [4.78, 5) is 4.21. The molecule has 0 bridgehead atoms. The summed E-state index contributed by atoms with van der Waals surface area (Å²) in [5.41, 5.74) is 2.44. The van der Waals surface area contributed by atoms with Crippen LogP contribution in [0.1, 0.15) is 39.0 Å². The van der Waals surface area contributed by atoms with Crippen molar-refractivity contribution in [2.24, 2.45) is 11.8 Å². The first-order chi connectivity index (χ1) is 9.13. The smallest absolute Gasteiger partial charge is 0.234 e. The average Bonchev–Trinajstić information content (AvgIpc) is 2.42. The lowest BCUT2D eigenvalue weighted by Crippen LogP contribution is -2.25. The van der Waals surface area contributed by atoms with Gasteiger partial charge in [-0.1, -0.05) is 43.0 Å². The molecular weight excluding hydrogens is 285 g/mol. The van der Waals surface area contributed by atoms with E-state index in [1.807, 2.05) is 0 Å². The molecule has 0 aromatic carbocycles. The fourth-order valence-corrected chi connectivity index (χ4v) is 2.97. The van der Waals surface area contributed by atoms with Gasteiger partial charge < -0.3 is 10.2 Å². The van der Waals surface area contributed by atoms with Crippen molar-refractivity contribution >= 4 is 29.0 Å². The number of hydrazine groups is 1. The Kier molecular flexibility index (Phi) is 5.13. The number of nitrogen functional groups attached to an aromatic ring is 1. The zero-order chi connectivity index (χ0) is 13.8. The fraction of sp³-hybridized carbons (Fsp3) is 0.615. The Morgan fingerprint density at radius 2 is 2.21 bits per heavy atom. The second-order valence-corrected chi connectivity index (χ2v) is 5.75. The maximum absolute atomic E-state index is 6.11. The molecule has 4 nitrogen and oxygen atoms in total. The normalized spacial score (nSPS) is 23.2. The molecule has 6 heteroatoms. The second kappa shape index (κ2) is 6.64. The molecule has 2 unspecified atom stereocenters. The van der Waals surface area contributed by atoms with Crippen LogP contribution in [-0.2, 0) is 0 Å². The van der Waals surface area contributed by atoms with Gasteiger partial charge in [0.25, 0.3) is 0 Å². The van der Waals surface area contributed by atoms with Crippen LogP contribution in [-0.4, -0.2) is 11.1 Å². The quantitative estimate of drug-likeness (QED) is 0.651. The molecule has 19 heavy (non-hydrogen) atoms. The van der Waals surface area contributed by atoms with Crippen LogP contribution in [0.5, 0.6) is 5.88 Å². The molecule has 0 spiro atoms. The van der Waals surface area contributed by atoms with Crippen molar-refractivity contribution in [3.63, 3.8) is 0 Å². The van der Waals surface area contributed by atoms with E-state index in [0.29, 0.717) is 21.7 Å². The van der Waals surface area contributed by atoms with Crippen LogP contribution in [0.15, 0.2) is 6.07 Å². The summed E-state index contributed by atoms with van der Waals surface area (Å²) in [5.74, 6) is 6.87. The number of aromatic nitrogens is 1. The van der Waals surface area contributed by atoms with Crippen molar-refractivity contribution < 1.29 is 4.74 Å². The number of pyridine rings is 1. The molecule has 1 heterocycles. The van der Waals surface area contributed by atoms with Gasteiger partial charge in [-0.25, -0.2) is 5.84 Å². The van der Waals surface area contributed by atoms with E-state index in [-0.39, 0.29) is 6.10 Å². The number of hydrogen-bond acceptors (Lipinski definition) is 4. The van der Waals surface area contributed by atoms with E-state index < -0.39 is 0 Å². The summed E-state index contributed by atoms with van der Waals surface area (Å²) in [6.45, 7) is 2.22. The van der Waals surface area contributed by atoms with Crippen LogP contribution in [0.3, 0.4) is 0 Å². The van der Waals surface area contributed by atoms with Crippen LogP contribution in [0.2, 0.25) is 10.0 Å². The SMILES string of the molecule is CCC1CCCC(Oc2nc(NN)c(Cl)cc2Cl)C1. The molecule has 1 aliphatic carbocycles. The van der Waals surface area contributed by atoms with Gasteiger partial charge >= 0.3 is 0 Å². The Morgan fingerprint density at radius 3 is 2.89 bits per heavy atom. The minimum absolute atomic E-state index is 0.176. The molecule has 3 N–H and O–H groups in total. The molecule has 1 fully saturated rings. The molecule has 2 rings (SSSR count). The van der Waals surface area contributed by atoms with Gasteiger partial charge in [-0.15, -0.1) is 0 Å². The summed E-state index contributed by atoms with van der Waals surface area (Å²) < 4.78 is 5.92. The second-order valence-electron chi connectivity index (χ2n) is 4.93. The Hall–Kier alpha value is -0.710. The van der Waals surface area contributed by atoms with Gasteiger partial charge in [0, 0.05) is 0 Å². The third-order valence-corrected chi connectivity index (χ3v) is 4.18. The first kappa shape index (κ1) is 14.7. The zero-order valence-corrected chi connectivity index (χ0v) is 12.5. The summed E-state index contributed by atoms with van der Waals surface area (Å²) >= 11 is 12.1. The average molecular weight is 304 g/mol. The van der Waals surface area contributed by atoms with Crippen molar-refractivity contribution in [1.82, 2.24) is 4.98 Å². The molecule has 106 valence electrons. The lowest BCUT2D eigenvalue weighted by molar-refractivity contribution is 0.117. The molecule has 1 aromatic rings. The first-order valence-electron chi connectivity index (χ1n) is 6.63. The molecule has 1 aliphatic rings. The van der Waals surface area contributed by atoms with Crippen LogP contribution in [0.4, 0.5) is 5.82 Å². The van der Waals surface area contributed by atoms with E-state index in [9.17, 15) is 0 Å². The van der Waals surface area contributed by atoms with Gasteiger partial charge in [-0.3, -0.25) is 0 Å². The number of ether oxygens (including phenoxy) is 1. The van der Waals surface area contributed by atoms with E-state index in [1.165, 1.54) is 19.3 Å².